The van der Waals surface area contributed by atoms with Gasteiger partial charge in [-0.25, -0.2) is 0 Å². The summed E-state index contributed by atoms with van der Waals surface area (Å²) in [5.74, 6) is 0. The molecule has 1 aromatic heterocycles. The average Bonchev–Trinajstić information content (AvgIpc) is 2.77. The van der Waals surface area contributed by atoms with E-state index >= 15 is 0 Å². The van der Waals surface area contributed by atoms with Crippen LogP contribution in [0, 0.1) is 6.92 Å². The molecule has 1 rings (SSSR count). The highest BCUT2D eigenvalue weighted by Gasteiger charge is 2.28. The maximum atomic E-state index is 6.01. The zero-order valence-electron chi connectivity index (χ0n) is 13.2. The van der Waals surface area contributed by atoms with Crippen molar-refractivity contribution in [1.82, 2.24) is 14.7 Å². The van der Waals surface area contributed by atoms with E-state index in [1.807, 2.05) is 0 Å². The van der Waals surface area contributed by atoms with Gasteiger partial charge in [0.15, 0.2) is 0 Å². The summed E-state index contributed by atoms with van der Waals surface area (Å²) in [5.41, 5.74) is 8.48. The number of hydrogen-bond acceptors (Lipinski definition) is 3. The fraction of sp³-hybridized carbons (Fsp3) is 0.800. The molecule has 0 amide bonds. The first-order valence-corrected chi connectivity index (χ1v) is 7.49. The van der Waals surface area contributed by atoms with E-state index in [2.05, 4.69) is 55.4 Å². The molecule has 1 heterocycles. The van der Waals surface area contributed by atoms with Crippen molar-refractivity contribution in [2.75, 3.05) is 13.1 Å². The van der Waals surface area contributed by atoms with Crippen LogP contribution in [0.15, 0.2) is 6.07 Å². The second kappa shape index (κ2) is 7.06. The fourth-order valence-corrected chi connectivity index (χ4v) is 2.50. The predicted molar refractivity (Wildman–Crippen MR) is 81.1 cm³/mol. The fourth-order valence-electron chi connectivity index (χ4n) is 2.50. The Hall–Kier alpha value is -0.870. The number of aromatic nitrogens is 2. The van der Waals surface area contributed by atoms with Crippen molar-refractivity contribution >= 4 is 0 Å². The van der Waals surface area contributed by atoms with E-state index in [1.54, 1.807) is 0 Å². The van der Waals surface area contributed by atoms with Crippen LogP contribution in [-0.4, -0.2) is 33.3 Å². The summed E-state index contributed by atoms with van der Waals surface area (Å²) in [6.45, 7) is 14.5. The van der Waals surface area contributed by atoms with Gasteiger partial charge in [-0.2, -0.15) is 5.10 Å². The van der Waals surface area contributed by atoms with Crippen molar-refractivity contribution in [3.8, 4) is 0 Å². The third kappa shape index (κ3) is 3.80. The monoisotopic (exact) mass is 266 g/mol. The van der Waals surface area contributed by atoms with Crippen molar-refractivity contribution in [2.45, 2.75) is 66.1 Å². The quantitative estimate of drug-likeness (QED) is 0.786. The maximum Gasteiger partial charge on any atom is 0.0597 e. The van der Waals surface area contributed by atoms with E-state index in [1.165, 1.54) is 5.69 Å². The van der Waals surface area contributed by atoms with Crippen LogP contribution in [0.25, 0.3) is 0 Å². The Labute approximate surface area is 118 Å². The lowest BCUT2D eigenvalue weighted by molar-refractivity contribution is 0.0941. The summed E-state index contributed by atoms with van der Waals surface area (Å²) >= 11 is 0. The lowest BCUT2D eigenvalue weighted by atomic mass is 9.96. The smallest absolute Gasteiger partial charge is 0.0597 e. The number of nitrogens with two attached hydrogens (primary N) is 1. The van der Waals surface area contributed by atoms with E-state index in [4.69, 9.17) is 5.73 Å². The Morgan fingerprint density at radius 2 is 2.05 bits per heavy atom. The topological polar surface area (TPSA) is 47.1 Å². The molecule has 0 aromatic carbocycles. The third-order valence-electron chi connectivity index (χ3n) is 4.10. The summed E-state index contributed by atoms with van der Waals surface area (Å²) in [4.78, 5) is 2.51. The molecule has 1 aromatic rings. The number of nitrogens with zero attached hydrogens (tertiary/aromatic N) is 3. The molecule has 4 nitrogen and oxygen atoms in total. The Balaban J connectivity index is 2.94. The maximum absolute atomic E-state index is 6.01. The van der Waals surface area contributed by atoms with Crippen molar-refractivity contribution in [3.05, 3.63) is 17.5 Å². The summed E-state index contributed by atoms with van der Waals surface area (Å²) in [5, 5.41) is 4.53. The molecule has 0 saturated carbocycles. The summed E-state index contributed by atoms with van der Waals surface area (Å²) in [7, 11) is 0. The molecule has 0 fully saturated rings. The molecule has 4 heteroatoms. The van der Waals surface area contributed by atoms with Crippen molar-refractivity contribution in [1.29, 1.82) is 0 Å². The van der Waals surface area contributed by atoms with Crippen LogP contribution in [-0.2, 0) is 13.1 Å². The standard InChI is InChI=1S/C15H30N4/c1-6-9-18(15(5,7-2)12-16)11-14-10-13(4)17-19(14)8-3/h10H,6-9,11-12,16H2,1-5H3. The van der Waals surface area contributed by atoms with Crippen molar-refractivity contribution < 1.29 is 0 Å². The first-order chi connectivity index (χ1) is 9.00. The molecule has 19 heavy (non-hydrogen) atoms. The second-order valence-corrected chi connectivity index (χ2v) is 5.57. The largest absolute Gasteiger partial charge is 0.329 e. The Bertz CT molecular complexity index is 379. The first kappa shape index (κ1) is 16.2. The van der Waals surface area contributed by atoms with E-state index in [0.29, 0.717) is 6.54 Å². The SMILES string of the molecule is CCCN(Cc1cc(C)nn1CC)C(C)(CC)CN. The van der Waals surface area contributed by atoms with Gasteiger partial charge in [0, 0.05) is 25.2 Å². The molecule has 1 unspecified atom stereocenters. The number of aryl methyl sites for hydroxylation is 2. The van der Waals surface area contributed by atoms with E-state index in [9.17, 15) is 0 Å². The highest BCUT2D eigenvalue weighted by Crippen LogP contribution is 2.21. The van der Waals surface area contributed by atoms with Crippen LogP contribution in [0.1, 0.15) is 51.9 Å². The van der Waals surface area contributed by atoms with Gasteiger partial charge in [-0.05, 0) is 46.2 Å². The minimum Gasteiger partial charge on any atom is -0.329 e. The Kier molecular flexibility index (Phi) is 6.01. The van der Waals surface area contributed by atoms with Crippen LogP contribution < -0.4 is 5.73 Å². The molecule has 0 aliphatic rings. The molecule has 110 valence electrons. The zero-order valence-corrected chi connectivity index (χ0v) is 13.2. The van der Waals surface area contributed by atoms with E-state index in [-0.39, 0.29) is 5.54 Å². The van der Waals surface area contributed by atoms with E-state index in [0.717, 1.165) is 38.2 Å². The number of hydrogen-bond donors (Lipinski definition) is 1. The predicted octanol–water partition coefficient (Wildman–Crippen LogP) is 2.55. The van der Waals surface area contributed by atoms with Crippen LogP contribution in [0.5, 0.6) is 0 Å². The molecule has 0 bridgehead atoms. The minimum absolute atomic E-state index is 0.0761. The van der Waals surface area contributed by atoms with E-state index < -0.39 is 0 Å². The molecule has 0 spiro atoms. The molecule has 0 radical (unpaired) electrons. The van der Waals surface area contributed by atoms with Gasteiger partial charge in [-0.1, -0.05) is 13.8 Å². The van der Waals surface area contributed by atoms with Crippen LogP contribution in [0.4, 0.5) is 0 Å². The lowest BCUT2D eigenvalue weighted by Crippen LogP contribution is -2.51. The van der Waals surface area contributed by atoms with Gasteiger partial charge < -0.3 is 5.73 Å². The van der Waals surface area contributed by atoms with Gasteiger partial charge in [0.05, 0.1) is 11.4 Å². The van der Waals surface area contributed by atoms with Gasteiger partial charge in [0.1, 0.15) is 0 Å². The van der Waals surface area contributed by atoms with Crippen LogP contribution in [0.3, 0.4) is 0 Å². The Morgan fingerprint density at radius 1 is 1.37 bits per heavy atom. The molecular weight excluding hydrogens is 236 g/mol. The highest BCUT2D eigenvalue weighted by molar-refractivity contribution is 5.09. The third-order valence-corrected chi connectivity index (χ3v) is 4.10. The van der Waals surface area contributed by atoms with Gasteiger partial charge in [0.2, 0.25) is 0 Å². The Morgan fingerprint density at radius 3 is 2.53 bits per heavy atom. The lowest BCUT2D eigenvalue weighted by Gasteiger charge is -2.40. The van der Waals surface area contributed by atoms with Gasteiger partial charge >= 0.3 is 0 Å². The molecular formula is C15H30N4. The van der Waals surface area contributed by atoms with Crippen molar-refractivity contribution in [3.63, 3.8) is 0 Å². The average molecular weight is 266 g/mol. The molecule has 0 aliphatic carbocycles. The second-order valence-electron chi connectivity index (χ2n) is 5.57. The molecule has 0 saturated heterocycles. The van der Waals surface area contributed by atoms with Gasteiger partial charge in [0.25, 0.3) is 0 Å². The normalized spacial score (nSPS) is 14.9. The minimum atomic E-state index is 0.0761. The van der Waals surface area contributed by atoms with Crippen LogP contribution >= 0.6 is 0 Å². The van der Waals surface area contributed by atoms with Crippen molar-refractivity contribution in [2.24, 2.45) is 5.73 Å². The summed E-state index contributed by atoms with van der Waals surface area (Å²) in [6, 6.07) is 2.19. The van der Waals surface area contributed by atoms with Crippen LogP contribution in [0.2, 0.25) is 0 Å². The zero-order chi connectivity index (χ0) is 14.5. The molecule has 0 aliphatic heterocycles. The number of rotatable bonds is 8. The van der Waals surface area contributed by atoms with Gasteiger partial charge in [-0.3, -0.25) is 9.58 Å². The summed E-state index contributed by atoms with van der Waals surface area (Å²) in [6.07, 6.45) is 2.22. The first-order valence-electron chi connectivity index (χ1n) is 7.49. The summed E-state index contributed by atoms with van der Waals surface area (Å²) < 4.78 is 2.10. The van der Waals surface area contributed by atoms with Gasteiger partial charge in [-0.15, -0.1) is 0 Å². The molecule has 2 N–H and O–H groups in total. The molecule has 1 atom stereocenters. The highest BCUT2D eigenvalue weighted by atomic mass is 15.3.